The molecule has 0 aromatic heterocycles. The van der Waals surface area contributed by atoms with Crippen LogP contribution >= 0.6 is 11.6 Å². The largest absolute Gasteiger partial charge is 0.359 e. The van der Waals surface area contributed by atoms with Gasteiger partial charge in [-0.25, -0.2) is 0 Å². The fourth-order valence-electron chi connectivity index (χ4n) is 6.59. The molecule has 1 saturated carbocycles. The van der Waals surface area contributed by atoms with Crippen LogP contribution in [0.2, 0.25) is 5.02 Å². The van der Waals surface area contributed by atoms with Crippen molar-refractivity contribution < 1.29 is 19.1 Å². The van der Waals surface area contributed by atoms with Crippen LogP contribution in [-0.2, 0) is 19.1 Å². The van der Waals surface area contributed by atoms with Gasteiger partial charge in [-0.05, 0) is 42.9 Å². The second-order valence-electron chi connectivity index (χ2n) is 10.6. The number of anilines is 1. The molecule has 35 heavy (non-hydrogen) atoms. The Kier molecular flexibility index (Phi) is 6.43. The molecule has 1 aromatic carbocycles. The Morgan fingerprint density at radius 3 is 2.77 bits per heavy atom. The minimum Gasteiger partial charge on any atom is -0.359 e. The number of carbonyl (C=O) groups is 3. The molecule has 2 N–H and O–H groups in total. The van der Waals surface area contributed by atoms with E-state index < -0.39 is 29.6 Å². The van der Waals surface area contributed by atoms with Crippen molar-refractivity contribution in [3.63, 3.8) is 0 Å². The van der Waals surface area contributed by atoms with Gasteiger partial charge in [-0.15, -0.1) is 0 Å². The van der Waals surface area contributed by atoms with Crippen molar-refractivity contribution in [2.24, 2.45) is 23.7 Å². The molecule has 2 bridgehead atoms. The Morgan fingerprint density at radius 1 is 1.23 bits per heavy atom. The lowest BCUT2D eigenvalue weighted by atomic mass is 9.73. The summed E-state index contributed by atoms with van der Waals surface area (Å²) in [5, 5.41) is 6.68. The third-order valence-electron chi connectivity index (χ3n) is 8.52. The number of nitrogens with one attached hydrogen (secondary N) is 2. The van der Waals surface area contributed by atoms with Gasteiger partial charge in [0.25, 0.3) is 0 Å². The maximum absolute atomic E-state index is 13.8. The molecule has 2 saturated heterocycles. The van der Waals surface area contributed by atoms with E-state index in [1.54, 1.807) is 29.2 Å². The third kappa shape index (κ3) is 3.97. The van der Waals surface area contributed by atoms with Crippen molar-refractivity contribution in [1.82, 2.24) is 10.2 Å². The summed E-state index contributed by atoms with van der Waals surface area (Å²) in [6.45, 7) is 6.84. The molecule has 7 nitrogen and oxygen atoms in total. The summed E-state index contributed by atoms with van der Waals surface area (Å²) in [5.74, 6) is -1.20. The Labute approximate surface area is 211 Å². The van der Waals surface area contributed by atoms with E-state index in [4.69, 9.17) is 16.3 Å². The molecule has 3 heterocycles. The number of amides is 3. The topological polar surface area (TPSA) is 87.7 Å². The van der Waals surface area contributed by atoms with Crippen molar-refractivity contribution in [3.8, 4) is 0 Å². The highest BCUT2D eigenvalue weighted by Gasteiger charge is 2.72. The number of fused-ring (bicyclic) bond motifs is 1. The van der Waals surface area contributed by atoms with Gasteiger partial charge in [0, 0.05) is 23.3 Å². The van der Waals surface area contributed by atoms with Crippen LogP contribution in [0.15, 0.2) is 36.4 Å². The third-order valence-corrected chi connectivity index (χ3v) is 8.75. The summed E-state index contributed by atoms with van der Waals surface area (Å²) in [6.07, 6.45) is 7.05. The summed E-state index contributed by atoms with van der Waals surface area (Å²) in [6, 6.07) is 6.20. The molecule has 1 spiro atoms. The number of hydrogen-bond acceptors (Lipinski definition) is 4. The number of rotatable bonds is 6. The zero-order chi connectivity index (χ0) is 24.9. The monoisotopic (exact) mass is 499 g/mol. The molecule has 8 unspecified atom stereocenters. The van der Waals surface area contributed by atoms with Gasteiger partial charge in [-0.2, -0.15) is 0 Å². The maximum Gasteiger partial charge on any atom is 0.246 e. The van der Waals surface area contributed by atoms with Gasteiger partial charge in [0.05, 0.1) is 17.9 Å². The predicted molar refractivity (Wildman–Crippen MR) is 134 cm³/mol. The van der Waals surface area contributed by atoms with Gasteiger partial charge in [-0.3, -0.25) is 14.4 Å². The highest BCUT2D eigenvalue weighted by atomic mass is 35.5. The number of likely N-dealkylation sites (tertiary alicyclic amines) is 1. The zero-order valence-corrected chi connectivity index (χ0v) is 21.3. The van der Waals surface area contributed by atoms with Crippen LogP contribution in [0.25, 0.3) is 0 Å². The highest BCUT2D eigenvalue weighted by molar-refractivity contribution is 6.30. The quantitative estimate of drug-likeness (QED) is 0.583. The van der Waals surface area contributed by atoms with Crippen molar-refractivity contribution in [2.75, 3.05) is 11.9 Å². The number of nitrogens with zero attached hydrogens (tertiary/aromatic N) is 1. The number of carbonyl (C=O) groups excluding carboxylic acids is 3. The molecule has 3 amide bonds. The van der Waals surface area contributed by atoms with Gasteiger partial charge in [0.1, 0.15) is 11.6 Å². The van der Waals surface area contributed by atoms with Gasteiger partial charge < -0.3 is 20.3 Å². The number of hydrogen-bond donors (Lipinski definition) is 2. The first kappa shape index (κ1) is 24.3. The van der Waals surface area contributed by atoms with Gasteiger partial charge in [0.2, 0.25) is 17.7 Å². The first-order valence-electron chi connectivity index (χ1n) is 12.8. The highest BCUT2D eigenvalue weighted by Crippen LogP contribution is 2.55. The molecular weight excluding hydrogens is 466 g/mol. The van der Waals surface area contributed by atoms with Crippen LogP contribution in [-0.4, -0.2) is 53.0 Å². The summed E-state index contributed by atoms with van der Waals surface area (Å²) in [7, 11) is 0. The Morgan fingerprint density at radius 2 is 2.03 bits per heavy atom. The molecule has 8 heteroatoms. The molecule has 3 fully saturated rings. The lowest BCUT2D eigenvalue weighted by Gasteiger charge is -2.38. The fraction of sp³-hybridized carbons (Fsp3) is 0.593. The van der Waals surface area contributed by atoms with E-state index in [0.717, 1.165) is 12.8 Å². The standard InChI is InChI=1S/C27H34ClN3O4/c1-4-13-31-23(25(33)30-19-10-5-7-15(2)16(19)3)27-12-11-20(35-27)21(22(27)26(31)34)24(32)29-18-9-6-8-17(28)14-18/h6,8-9,11-12,14-16,19-23H,4-5,7,10,13H2,1-3H3,(H,29,32)(H,30,33). The normalized spacial score (nSPS) is 37.4. The lowest BCUT2D eigenvalue weighted by Crippen LogP contribution is -2.57. The molecule has 3 aliphatic heterocycles. The molecule has 4 aliphatic rings. The smallest absolute Gasteiger partial charge is 0.246 e. The lowest BCUT2D eigenvalue weighted by molar-refractivity contribution is -0.141. The summed E-state index contributed by atoms with van der Waals surface area (Å²) in [4.78, 5) is 42.6. The second kappa shape index (κ2) is 9.25. The molecule has 0 radical (unpaired) electrons. The maximum atomic E-state index is 13.8. The van der Waals surface area contributed by atoms with E-state index in [0.29, 0.717) is 35.5 Å². The molecule has 1 aromatic rings. The van der Waals surface area contributed by atoms with E-state index in [9.17, 15) is 14.4 Å². The zero-order valence-electron chi connectivity index (χ0n) is 20.5. The number of benzene rings is 1. The summed E-state index contributed by atoms with van der Waals surface area (Å²) in [5.41, 5.74) is -0.560. The predicted octanol–water partition coefficient (Wildman–Crippen LogP) is 3.78. The van der Waals surface area contributed by atoms with E-state index in [1.165, 1.54) is 6.42 Å². The molecule has 188 valence electrons. The number of halogens is 1. The molecule has 5 rings (SSSR count). The van der Waals surface area contributed by atoms with Crippen LogP contribution in [0.4, 0.5) is 5.69 Å². The fourth-order valence-corrected chi connectivity index (χ4v) is 6.78. The number of ether oxygens (including phenoxy) is 1. The van der Waals surface area contributed by atoms with E-state index in [1.807, 2.05) is 19.1 Å². The van der Waals surface area contributed by atoms with Gasteiger partial charge in [-0.1, -0.05) is 63.4 Å². The average Bonchev–Trinajstić information content (AvgIpc) is 3.45. The van der Waals surface area contributed by atoms with E-state index in [-0.39, 0.29) is 23.8 Å². The minimum atomic E-state index is -1.12. The summed E-state index contributed by atoms with van der Waals surface area (Å²) < 4.78 is 6.38. The average molecular weight is 500 g/mol. The van der Waals surface area contributed by atoms with Crippen molar-refractivity contribution in [2.45, 2.75) is 70.2 Å². The van der Waals surface area contributed by atoms with Crippen molar-refractivity contribution >= 4 is 35.0 Å². The Balaban J connectivity index is 1.42. The van der Waals surface area contributed by atoms with Gasteiger partial charge >= 0.3 is 0 Å². The van der Waals surface area contributed by atoms with Crippen LogP contribution in [0.5, 0.6) is 0 Å². The van der Waals surface area contributed by atoms with Crippen LogP contribution in [0, 0.1) is 23.7 Å². The summed E-state index contributed by atoms with van der Waals surface area (Å²) >= 11 is 6.08. The van der Waals surface area contributed by atoms with Crippen molar-refractivity contribution in [1.29, 1.82) is 0 Å². The SMILES string of the molecule is CCCN1C(=O)C2C(C(=O)Nc3cccc(Cl)c3)C3C=CC2(O3)C1C(=O)NC1CCCC(C)C1C. The van der Waals surface area contributed by atoms with Crippen molar-refractivity contribution in [3.05, 3.63) is 41.4 Å². The Hall–Kier alpha value is -2.38. The van der Waals surface area contributed by atoms with Crippen LogP contribution in [0.1, 0.15) is 46.5 Å². The van der Waals surface area contributed by atoms with Gasteiger partial charge in [0.15, 0.2) is 0 Å². The second-order valence-corrected chi connectivity index (χ2v) is 11.1. The minimum absolute atomic E-state index is 0.0739. The molecule has 8 atom stereocenters. The first-order valence-corrected chi connectivity index (χ1v) is 13.2. The molecule has 1 aliphatic carbocycles. The molecular formula is C27H34ClN3O4. The van der Waals surface area contributed by atoms with Crippen LogP contribution < -0.4 is 10.6 Å². The van der Waals surface area contributed by atoms with Crippen LogP contribution in [0.3, 0.4) is 0 Å². The van der Waals surface area contributed by atoms with E-state index in [2.05, 4.69) is 24.5 Å². The Bertz CT molecular complexity index is 1060. The van der Waals surface area contributed by atoms with E-state index >= 15 is 0 Å². The first-order chi connectivity index (χ1) is 16.8.